The molecular weight excluding hydrogens is 404 g/mol. The van der Waals surface area contributed by atoms with Crippen LogP contribution in [-0.4, -0.2) is 44.3 Å². The number of rotatable bonds is 6. The molecule has 0 bridgehead atoms. The van der Waals surface area contributed by atoms with Crippen LogP contribution in [0, 0.1) is 5.92 Å². The number of nitrogens with zero attached hydrogens (tertiary/aromatic N) is 1. The second kappa shape index (κ2) is 9.40. The molecular formula is C22H26N2O5S. The van der Waals surface area contributed by atoms with Crippen molar-refractivity contribution in [1.82, 2.24) is 4.31 Å². The van der Waals surface area contributed by atoms with Crippen LogP contribution >= 0.6 is 0 Å². The number of sulfonamides is 1. The van der Waals surface area contributed by atoms with Crippen LogP contribution in [0.4, 0.5) is 5.69 Å². The number of amides is 1. The SMILES string of the molecule is CCOC(=O)c1ccc(NC(=O)c2cccc(S(=O)(=O)N3CCC(C)CC3)c2)cc1. The Kier molecular flexibility index (Phi) is 6.89. The Morgan fingerprint density at radius 2 is 1.73 bits per heavy atom. The molecule has 160 valence electrons. The predicted molar refractivity (Wildman–Crippen MR) is 114 cm³/mol. The summed E-state index contributed by atoms with van der Waals surface area (Å²) in [4.78, 5) is 24.4. The molecule has 1 saturated heterocycles. The van der Waals surface area contributed by atoms with E-state index in [4.69, 9.17) is 4.74 Å². The van der Waals surface area contributed by atoms with Crippen molar-refractivity contribution in [2.45, 2.75) is 31.6 Å². The molecule has 1 amide bonds. The molecule has 1 heterocycles. The summed E-state index contributed by atoms with van der Waals surface area (Å²) in [6, 6.07) is 12.4. The number of benzene rings is 2. The molecule has 1 aliphatic rings. The number of esters is 1. The van der Waals surface area contributed by atoms with Crippen LogP contribution in [-0.2, 0) is 14.8 Å². The predicted octanol–water partition coefficient (Wildman–Crippen LogP) is 3.54. The second-order valence-corrected chi connectivity index (χ2v) is 9.30. The molecule has 0 aliphatic carbocycles. The highest BCUT2D eigenvalue weighted by molar-refractivity contribution is 7.89. The van der Waals surface area contributed by atoms with E-state index >= 15 is 0 Å². The Hall–Kier alpha value is -2.71. The zero-order valence-electron chi connectivity index (χ0n) is 17.1. The number of anilines is 1. The van der Waals surface area contributed by atoms with E-state index < -0.39 is 21.9 Å². The van der Waals surface area contributed by atoms with Crippen LogP contribution < -0.4 is 5.32 Å². The van der Waals surface area contributed by atoms with Crippen LogP contribution in [0.3, 0.4) is 0 Å². The Balaban J connectivity index is 1.72. The summed E-state index contributed by atoms with van der Waals surface area (Å²) in [5.41, 5.74) is 1.13. The van der Waals surface area contributed by atoms with E-state index in [1.165, 1.54) is 16.4 Å². The molecule has 2 aromatic carbocycles. The summed E-state index contributed by atoms with van der Waals surface area (Å²) >= 11 is 0. The maximum absolute atomic E-state index is 12.9. The number of nitrogens with one attached hydrogen (secondary N) is 1. The zero-order valence-corrected chi connectivity index (χ0v) is 17.9. The summed E-state index contributed by atoms with van der Waals surface area (Å²) in [5.74, 6) is -0.340. The average molecular weight is 431 g/mol. The van der Waals surface area contributed by atoms with E-state index in [0.717, 1.165) is 12.8 Å². The molecule has 1 aliphatic heterocycles. The molecule has 0 radical (unpaired) electrons. The molecule has 0 atom stereocenters. The van der Waals surface area contributed by atoms with Gasteiger partial charge in [0.15, 0.2) is 0 Å². The summed E-state index contributed by atoms with van der Waals surface area (Å²) < 4.78 is 32.3. The number of carbonyl (C=O) groups excluding carboxylic acids is 2. The highest BCUT2D eigenvalue weighted by Crippen LogP contribution is 2.24. The van der Waals surface area contributed by atoms with Gasteiger partial charge in [-0.25, -0.2) is 13.2 Å². The molecule has 0 aromatic heterocycles. The topological polar surface area (TPSA) is 92.8 Å². The molecule has 1 N–H and O–H groups in total. The lowest BCUT2D eigenvalue weighted by Crippen LogP contribution is -2.37. The lowest BCUT2D eigenvalue weighted by Gasteiger charge is -2.29. The van der Waals surface area contributed by atoms with Gasteiger partial charge >= 0.3 is 5.97 Å². The van der Waals surface area contributed by atoms with Gasteiger partial charge in [0.2, 0.25) is 10.0 Å². The van der Waals surface area contributed by atoms with Crippen molar-refractivity contribution in [3.63, 3.8) is 0 Å². The molecule has 8 heteroatoms. The zero-order chi connectivity index (χ0) is 21.7. The van der Waals surface area contributed by atoms with E-state index in [-0.39, 0.29) is 17.1 Å². The monoisotopic (exact) mass is 430 g/mol. The van der Waals surface area contributed by atoms with Crippen molar-refractivity contribution >= 4 is 27.6 Å². The van der Waals surface area contributed by atoms with Gasteiger partial charge in [-0.1, -0.05) is 13.0 Å². The largest absolute Gasteiger partial charge is 0.462 e. The molecule has 3 rings (SSSR count). The fourth-order valence-corrected chi connectivity index (χ4v) is 4.80. The lowest BCUT2D eigenvalue weighted by molar-refractivity contribution is 0.0526. The van der Waals surface area contributed by atoms with Crippen LogP contribution in [0.25, 0.3) is 0 Å². The summed E-state index contributed by atoms with van der Waals surface area (Å²) in [7, 11) is -3.63. The lowest BCUT2D eigenvalue weighted by atomic mass is 10.0. The van der Waals surface area contributed by atoms with Crippen molar-refractivity contribution in [2.24, 2.45) is 5.92 Å². The average Bonchev–Trinajstić information content (AvgIpc) is 2.75. The van der Waals surface area contributed by atoms with Gasteiger partial charge in [-0.15, -0.1) is 0 Å². The Morgan fingerprint density at radius 1 is 1.07 bits per heavy atom. The molecule has 0 unspecified atom stereocenters. The van der Waals surface area contributed by atoms with Gasteiger partial charge in [-0.3, -0.25) is 4.79 Å². The fourth-order valence-electron chi connectivity index (χ4n) is 3.28. The molecule has 7 nitrogen and oxygen atoms in total. The standard InChI is InChI=1S/C22H26N2O5S/c1-3-29-22(26)17-7-9-19(10-8-17)23-21(25)18-5-4-6-20(15-18)30(27,28)24-13-11-16(2)12-14-24/h4-10,15-16H,3,11-14H2,1-2H3,(H,23,25). The maximum Gasteiger partial charge on any atom is 0.338 e. The third kappa shape index (κ3) is 5.06. The summed E-state index contributed by atoms with van der Waals surface area (Å²) in [5, 5.41) is 2.72. The quantitative estimate of drug-likeness (QED) is 0.708. The van der Waals surface area contributed by atoms with E-state index in [9.17, 15) is 18.0 Å². The van der Waals surface area contributed by atoms with Crippen LogP contribution in [0.15, 0.2) is 53.4 Å². The van der Waals surface area contributed by atoms with Gasteiger partial charge in [0.05, 0.1) is 17.1 Å². The molecule has 2 aromatic rings. The second-order valence-electron chi connectivity index (χ2n) is 7.37. The van der Waals surface area contributed by atoms with Crippen LogP contribution in [0.5, 0.6) is 0 Å². The number of hydrogen-bond donors (Lipinski definition) is 1. The fraction of sp³-hybridized carbons (Fsp3) is 0.364. The minimum absolute atomic E-state index is 0.113. The van der Waals surface area contributed by atoms with Gasteiger partial charge in [0.1, 0.15) is 0 Å². The van der Waals surface area contributed by atoms with Crippen LogP contribution in [0.1, 0.15) is 47.4 Å². The van der Waals surface area contributed by atoms with E-state index in [0.29, 0.717) is 30.3 Å². The Labute approximate surface area is 177 Å². The Morgan fingerprint density at radius 3 is 2.37 bits per heavy atom. The number of hydrogen-bond acceptors (Lipinski definition) is 5. The minimum atomic E-state index is -3.63. The first kappa shape index (κ1) is 22.0. The van der Waals surface area contributed by atoms with Crippen molar-refractivity contribution in [1.29, 1.82) is 0 Å². The minimum Gasteiger partial charge on any atom is -0.462 e. The highest BCUT2D eigenvalue weighted by atomic mass is 32.2. The highest BCUT2D eigenvalue weighted by Gasteiger charge is 2.28. The normalized spacial score (nSPS) is 15.5. The molecule has 0 saturated carbocycles. The van der Waals surface area contributed by atoms with Crippen LogP contribution in [0.2, 0.25) is 0 Å². The maximum atomic E-state index is 12.9. The first-order valence-electron chi connectivity index (χ1n) is 10.00. The number of piperidine rings is 1. The molecule has 0 spiro atoms. The third-order valence-corrected chi connectivity index (χ3v) is 7.03. The first-order valence-corrected chi connectivity index (χ1v) is 11.4. The van der Waals surface area contributed by atoms with Gasteiger partial charge in [0.25, 0.3) is 5.91 Å². The van der Waals surface area contributed by atoms with Gasteiger partial charge < -0.3 is 10.1 Å². The Bertz CT molecular complexity index is 1010. The van der Waals surface area contributed by atoms with Crippen molar-refractivity contribution in [3.8, 4) is 0 Å². The third-order valence-electron chi connectivity index (χ3n) is 5.13. The van der Waals surface area contributed by atoms with Crippen molar-refractivity contribution < 1.29 is 22.7 Å². The van der Waals surface area contributed by atoms with E-state index in [2.05, 4.69) is 12.2 Å². The number of carbonyl (C=O) groups is 2. The van der Waals surface area contributed by atoms with Gasteiger partial charge in [0, 0.05) is 24.3 Å². The van der Waals surface area contributed by atoms with Gasteiger partial charge in [-0.05, 0) is 68.1 Å². The first-order chi connectivity index (χ1) is 14.3. The van der Waals surface area contributed by atoms with E-state index in [1.54, 1.807) is 43.3 Å². The van der Waals surface area contributed by atoms with Gasteiger partial charge in [-0.2, -0.15) is 4.31 Å². The van der Waals surface area contributed by atoms with Crippen molar-refractivity contribution in [2.75, 3.05) is 25.0 Å². The molecule has 30 heavy (non-hydrogen) atoms. The summed E-state index contributed by atoms with van der Waals surface area (Å²) in [6.07, 6.45) is 1.67. The van der Waals surface area contributed by atoms with Crippen molar-refractivity contribution in [3.05, 3.63) is 59.7 Å². The summed E-state index contributed by atoms with van der Waals surface area (Å²) in [6.45, 7) is 5.12. The smallest absolute Gasteiger partial charge is 0.338 e. The molecule has 1 fully saturated rings. The number of ether oxygens (including phenoxy) is 1. The van der Waals surface area contributed by atoms with E-state index in [1.807, 2.05) is 0 Å².